The zero-order valence-electron chi connectivity index (χ0n) is 11.0. The van der Waals surface area contributed by atoms with E-state index in [1.54, 1.807) is 0 Å². The maximum atomic E-state index is 12.0. The molecular weight excluding hydrogens is 214 g/mol. The lowest BCUT2D eigenvalue weighted by Gasteiger charge is -2.31. The van der Waals surface area contributed by atoms with Crippen molar-refractivity contribution in [2.24, 2.45) is 0 Å². The number of hydrogen-bond acceptors (Lipinski definition) is 3. The second-order valence-electron chi connectivity index (χ2n) is 5.46. The zero-order valence-corrected chi connectivity index (χ0v) is 11.0. The van der Waals surface area contributed by atoms with Gasteiger partial charge in [-0.25, -0.2) is 0 Å². The van der Waals surface area contributed by atoms with Gasteiger partial charge < -0.3 is 10.6 Å². The van der Waals surface area contributed by atoms with Gasteiger partial charge in [-0.15, -0.1) is 0 Å². The van der Waals surface area contributed by atoms with E-state index in [2.05, 4.69) is 22.6 Å². The summed E-state index contributed by atoms with van der Waals surface area (Å²) in [4.78, 5) is 14.2. The standard InChI is InChI=1S/C13H25N3O/c1-10(13(17)15-11-5-6-11)16(2)12-4-3-8-14-9-7-12/h10-12,14H,3-9H2,1-2H3,(H,15,17). The second kappa shape index (κ2) is 5.83. The Bertz CT molecular complexity index is 257. The molecule has 0 radical (unpaired) electrons. The van der Waals surface area contributed by atoms with Crippen molar-refractivity contribution in [2.45, 2.75) is 57.2 Å². The number of nitrogens with one attached hydrogen (secondary N) is 2. The maximum absolute atomic E-state index is 12.0. The van der Waals surface area contributed by atoms with Crippen molar-refractivity contribution in [3.8, 4) is 0 Å². The van der Waals surface area contributed by atoms with Gasteiger partial charge in [0.25, 0.3) is 0 Å². The molecule has 1 amide bonds. The van der Waals surface area contributed by atoms with Crippen LogP contribution in [0.4, 0.5) is 0 Å². The molecular formula is C13H25N3O. The van der Waals surface area contributed by atoms with Gasteiger partial charge in [0.15, 0.2) is 0 Å². The van der Waals surface area contributed by atoms with E-state index in [0.717, 1.165) is 32.4 Å². The summed E-state index contributed by atoms with van der Waals surface area (Å²) in [5.74, 6) is 0.201. The third-order valence-electron chi connectivity index (χ3n) is 4.04. The van der Waals surface area contributed by atoms with Crippen LogP contribution in [0.1, 0.15) is 39.0 Å². The number of carbonyl (C=O) groups is 1. The topological polar surface area (TPSA) is 44.4 Å². The lowest BCUT2D eigenvalue weighted by atomic mass is 10.1. The summed E-state index contributed by atoms with van der Waals surface area (Å²) >= 11 is 0. The van der Waals surface area contributed by atoms with Crippen LogP contribution in [-0.4, -0.2) is 49.1 Å². The molecule has 2 fully saturated rings. The highest BCUT2D eigenvalue weighted by Gasteiger charge is 2.29. The molecule has 1 aliphatic heterocycles. The Morgan fingerprint density at radius 3 is 2.76 bits per heavy atom. The van der Waals surface area contributed by atoms with Crippen molar-refractivity contribution < 1.29 is 4.79 Å². The van der Waals surface area contributed by atoms with Crippen LogP contribution in [0.2, 0.25) is 0 Å². The van der Waals surface area contributed by atoms with Crippen molar-refractivity contribution in [2.75, 3.05) is 20.1 Å². The van der Waals surface area contributed by atoms with Crippen LogP contribution in [-0.2, 0) is 4.79 Å². The summed E-state index contributed by atoms with van der Waals surface area (Å²) in [6, 6.07) is 1.01. The quantitative estimate of drug-likeness (QED) is 0.760. The lowest BCUT2D eigenvalue weighted by Crippen LogP contribution is -2.48. The van der Waals surface area contributed by atoms with E-state index in [1.807, 2.05) is 6.92 Å². The zero-order chi connectivity index (χ0) is 12.3. The third-order valence-corrected chi connectivity index (χ3v) is 4.04. The molecule has 2 unspecified atom stereocenters. The van der Waals surface area contributed by atoms with Crippen molar-refractivity contribution in [3.05, 3.63) is 0 Å². The Kier molecular flexibility index (Phi) is 4.40. The molecule has 1 heterocycles. The molecule has 4 nitrogen and oxygen atoms in total. The van der Waals surface area contributed by atoms with Crippen LogP contribution in [0.15, 0.2) is 0 Å². The molecule has 2 N–H and O–H groups in total. The monoisotopic (exact) mass is 239 g/mol. The Balaban J connectivity index is 1.82. The first kappa shape index (κ1) is 12.8. The van der Waals surface area contributed by atoms with Crippen LogP contribution < -0.4 is 10.6 Å². The van der Waals surface area contributed by atoms with E-state index in [-0.39, 0.29) is 11.9 Å². The molecule has 2 atom stereocenters. The minimum Gasteiger partial charge on any atom is -0.352 e. The molecule has 0 aromatic heterocycles. The molecule has 1 saturated heterocycles. The fraction of sp³-hybridized carbons (Fsp3) is 0.923. The van der Waals surface area contributed by atoms with Crippen molar-refractivity contribution in [1.82, 2.24) is 15.5 Å². The number of amides is 1. The number of nitrogens with zero attached hydrogens (tertiary/aromatic N) is 1. The summed E-state index contributed by atoms with van der Waals surface area (Å²) < 4.78 is 0. The number of likely N-dealkylation sites (N-methyl/N-ethyl adjacent to an activating group) is 1. The Morgan fingerprint density at radius 1 is 1.29 bits per heavy atom. The smallest absolute Gasteiger partial charge is 0.237 e. The fourth-order valence-electron chi connectivity index (χ4n) is 2.46. The molecule has 4 heteroatoms. The first-order valence-corrected chi connectivity index (χ1v) is 6.91. The Morgan fingerprint density at radius 2 is 2.06 bits per heavy atom. The highest BCUT2D eigenvalue weighted by molar-refractivity contribution is 5.81. The van der Waals surface area contributed by atoms with Crippen LogP contribution in [0.5, 0.6) is 0 Å². The number of hydrogen-bond donors (Lipinski definition) is 2. The molecule has 0 bridgehead atoms. The van der Waals surface area contributed by atoms with Crippen molar-refractivity contribution in [1.29, 1.82) is 0 Å². The summed E-state index contributed by atoms with van der Waals surface area (Å²) in [5, 5.41) is 6.51. The van der Waals surface area contributed by atoms with Gasteiger partial charge in [0, 0.05) is 12.1 Å². The predicted octanol–water partition coefficient (Wildman–Crippen LogP) is 0.727. The molecule has 1 aliphatic carbocycles. The van der Waals surface area contributed by atoms with Crippen molar-refractivity contribution in [3.63, 3.8) is 0 Å². The van der Waals surface area contributed by atoms with Crippen LogP contribution in [0.3, 0.4) is 0 Å². The number of carbonyl (C=O) groups excluding carboxylic acids is 1. The highest BCUT2D eigenvalue weighted by atomic mass is 16.2. The summed E-state index contributed by atoms with van der Waals surface area (Å²) in [7, 11) is 2.09. The third kappa shape index (κ3) is 3.68. The normalized spacial score (nSPS) is 27.6. The maximum Gasteiger partial charge on any atom is 0.237 e. The first-order chi connectivity index (χ1) is 8.18. The largest absolute Gasteiger partial charge is 0.352 e. The van der Waals surface area contributed by atoms with E-state index in [9.17, 15) is 4.79 Å². The minimum atomic E-state index is -0.00120. The fourth-order valence-corrected chi connectivity index (χ4v) is 2.46. The van der Waals surface area contributed by atoms with Gasteiger partial charge in [0.1, 0.15) is 0 Å². The van der Waals surface area contributed by atoms with Gasteiger partial charge in [-0.2, -0.15) is 0 Å². The SMILES string of the molecule is CC(C(=O)NC1CC1)N(C)C1CCCNCC1. The minimum absolute atomic E-state index is 0.00120. The van der Waals surface area contributed by atoms with Crippen LogP contribution in [0, 0.1) is 0 Å². The summed E-state index contributed by atoms with van der Waals surface area (Å²) in [5.41, 5.74) is 0. The molecule has 1 saturated carbocycles. The summed E-state index contributed by atoms with van der Waals surface area (Å²) in [6.07, 6.45) is 5.89. The average molecular weight is 239 g/mol. The summed E-state index contributed by atoms with van der Waals surface area (Å²) in [6.45, 7) is 4.22. The predicted molar refractivity (Wildman–Crippen MR) is 68.9 cm³/mol. The molecule has 0 spiro atoms. The van der Waals surface area contributed by atoms with Gasteiger partial charge in [0.2, 0.25) is 5.91 Å². The average Bonchev–Trinajstić information content (AvgIpc) is 3.12. The van der Waals surface area contributed by atoms with E-state index >= 15 is 0 Å². The molecule has 98 valence electrons. The van der Waals surface area contributed by atoms with E-state index in [0.29, 0.717) is 12.1 Å². The van der Waals surface area contributed by atoms with Crippen LogP contribution >= 0.6 is 0 Å². The van der Waals surface area contributed by atoms with Gasteiger partial charge >= 0.3 is 0 Å². The Hall–Kier alpha value is -0.610. The molecule has 0 aromatic rings. The lowest BCUT2D eigenvalue weighted by molar-refractivity contribution is -0.126. The van der Waals surface area contributed by atoms with Crippen molar-refractivity contribution >= 4 is 5.91 Å². The Labute approximate surface area is 104 Å². The first-order valence-electron chi connectivity index (χ1n) is 6.91. The van der Waals surface area contributed by atoms with Crippen LogP contribution in [0.25, 0.3) is 0 Å². The van der Waals surface area contributed by atoms with Gasteiger partial charge in [0.05, 0.1) is 6.04 Å². The highest BCUT2D eigenvalue weighted by Crippen LogP contribution is 2.20. The second-order valence-corrected chi connectivity index (χ2v) is 5.46. The van der Waals surface area contributed by atoms with Gasteiger partial charge in [-0.1, -0.05) is 0 Å². The van der Waals surface area contributed by atoms with Gasteiger partial charge in [-0.05, 0) is 59.2 Å². The number of rotatable bonds is 4. The van der Waals surface area contributed by atoms with E-state index in [1.165, 1.54) is 12.8 Å². The van der Waals surface area contributed by atoms with E-state index < -0.39 is 0 Å². The molecule has 0 aromatic carbocycles. The molecule has 2 aliphatic rings. The molecule has 17 heavy (non-hydrogen) atoms. The van der Waals surface area contributed by atoms with E-state index in [4.69, 9.17) is 0 Å². The molecule has 2 rings (SSSR count). The van der Waals surface area contributed by atoms with Gasteiger partial charge in [-0.3, -0.25) is 9.69 Å².